The van der Waals surface area contributed by atoms with Crippen molar-refractivity contribution in [3.8, 4) is 0 Å². The van der Waals surface area contributed by atoms with Crippen molar-refractivity contribution < 1.29 is 9.21 Å². The molecule has 0 aliphatic carbocycles. The molecule has 0 fully saturated rings. The lowest BCUT2D eigenvalue weighted by atomic mass is 10.2. The van der Waals surface area contributed by atoms with Crippen LogP contribution in [0.4, 0.5) is 5.69 Å². The number of carbonyl (C=O) groups is 1. The summed E-state index contributed by atoms with van der Waals surface area (Å²) in [5.41, 5.74) is 1.63. The fourth-order valence-electron chi connectivity index (χ4n) is 1.19. The van der Waals surface area contributed by atoms with Crippen molar-refractivity contribution in [1.29, 1.82) is 0 Å². The maximum Gasteiger partial charge on any atom is 0.291 e. The molecule has 0 bridgehead atoms. The van der Waals surface area contributed by atoms with Crippen molar-refractivity contribution in [3.05, 3.63) is 60.9 Å². The molecule has 1 aromatic carbocycles. The van der Waals surface area contributed by atoms with E-state index in [0.717, 1.165) is 11.3 Å². The monoisotopic (exact) mass is 200 g/mol. The molecule has 1 amide bonds. The van der Waals surface area contributed by atoms with Crippen molar-refractivity contribution in [2.75, 3.05) is 5.32 Å². The van der Waals surface area contributed by atoms with E-state index in [1.807, 2.05) is 12.1 Å². The Bertz CT molecular complexity index is 443. The number of furan rings is 1. The summed E-state index contributed by atoms with van der Waals surface area (Å²) < 4.78 is 4.97. The molecule has 0 spiro atoms. The van der Waals surface area contributed by atoms with E-state index in [0.29, 0.717) is 5.76 Å². The second-order valence-electron chi connectivity index (χ2n) is 3.13. The summed E-state index contributed by atoms with van der Waals surface area (Å²) in [6.45, 7) is 3.76. The Morgan fingerprint density at radius 1 is 1.20 bits per heavy atom. The van der Waals surface area contributed by atoms with Crippen LogP contribution < -0.4 is 5.32 Å². The molecule has 0 aliphatic heterocycles. The molecule has 0 saturated carbocycles. The van der Waals surface area contributed by atoms with Gasteiger partial charge in [-0.3, -0.25) is 4.79 Å². The molecule has 1 N–H and O–H groups in total. The van der Waals surface area contributed by atoms with Gasteiger partial charge in [0, 0.05) is 5.69 Å². The molecule has 3 heteroatoms. The molecule has 0 atom stereocenters. The molecule has 1 aromatic heterocycles. The summed E-state index contributed by atoms with van der Waals surface area (Å²) in [5, 5.41) is 2.71. The van der Waals surface area contributed by atoms with Gasteiger partial charge in [-0.1, -0.05) is 12.1 Å². The summed E-state index contributed by atoms with van der Waals surface area (Å²) in [6, 6.07) is 10.5. The number of amides is 1. The van der Waals surface area contributed by atoms with Gasteiger partial charge in [0.25, 0.3) is 5.91 Å². The normalized spacial score (nSPS) is 9.93. The highest BCUT2D eigenvalue weighted by Crippen LogP contribution is 2.10. The molecule has 1 heterocycles. The average Bonchev–Trinajstić information content (AvgIpc) is 2.74. The first-order valence-corrected chi connectivity index (χ1v) is 4.52. The molecule has 1 radical (unpaired) electrons. The molecule has 2 aromatic rings. The van der Waals surface area contributed by atoms with Gasteiger partial charge in [0.05, 0.1) is 6.26 Å². The summed E-state index contributed by atoms with van der Waals surface area (Å²) in [7, 11) is 0. The fraction of sp³-hybridized carbons (Fsp3) is 0. The fourth-order valence-corrected chi connectivity index (χ4v) is 1.19. The SMILES string of the molecule is [CH2]c1ccc(NC(=O)c2ccco2)cc1. The third kappa shape index (κ3) is 2.26. The molecule has 75 valence electrons. The van der Waals surface area contributed by atoms with Crippen molar-refractivity contribution in [1.82, 2.24) is 0 Å². The number of carbonyl (C=O) groups excluding carboxylic acids is 1. The van der Waals surface area contributed by atoms with Gasteiger partial charge >= 0.3 is 0 Å². The highest BCUT2D eigenvalue weighted by molar-refractivity contribution is 6.02. The molecule has 0 saturated heterocycles. The van der Waals surface area contributed by atoms with Gasteiger partial charge in [-0.2, -0.15) is 0 Å². The predicted molar refractivity (Wildman–Crippen MR) is 57.6 cm³/mol. The van der Waals surface area contributed by atoms with Gasteiger partial charge < -0.3 is 9.73 Å². The van der Waals surface area contributed by atoms with Gasteiger partial charge in [0.2, 0.25) is 0 Å². The second-order valence-corrected chi connectivity index (χ2v) is 3.13. The third-order valence-corrected chi connectivity index (χ3v) is 1.96. The predicted octanol–water partition coefficient (Wildman–Crippen LogP) is 2.71. The highest BCUT2D eigenvalue weighted by atomic mass is 16.3. The summed E-state index contributed by atoms with van der Waals surface area (Å²) in [4.78, 5) is 11.5. The smallest absolute Gasteiger partial charge is 0.291 e. The van der Waals surface area contributed by atoms with E-state index in [2.05, 4.69) is 12.2 Å². The molecule has 0 aliphatic rings. The van der Waals surface area contributed by atoms with Gasteiger partial charge in [0.15, 0.2) is 5.76 Å². The largest absolute Gasteiger partial charge is 0.459 e. The minimum atomic E-state index is -0.253. The third-order valence-electron chi connectivity index (χ3n) is 1.96. The van der Waals surface area contributed by atoms with Crippen LogP contribution in [0.2, 0.25) is 0 Å². The van der Waals surface area contributed by atoms with Crippen LogP contribution in [0.1, 0.15) is 16.1 Å². The van der Waals surface area contributed by atoms with Crippen LogP contribution in [0.5, 0.6) is 0 Å². The van der Waals surface area contributed by atoms with Gasteiger partial charge in [0.1, 0.15) is 0 Å². The number of hydrogen-bond acceptors (Lipinski definition) is 2. The number of anilines is 1. The topological polar surface area (TPSA) is 42.2 Å². The molecular weight excluding hydrogens is 190 g/mol. The number of benzene rings is 1. The molecule has 0 unspecified atom stereocenters. The van der Waals surface area contributed by atoms with E-state index < -0.39 is 0 Å². The molecule has 3 nitrogen and oxygen atoms in total. The van der Waals surface area contributed by atoms with Gasteiger partial charge in [-0.05, 0) is 36.8 Å². The zero-order valence-corrected chi connectivity index (χ0v) is 8.07. The van der Waals surface area contributed by atoms with Crippen molar-refractivity contribution in [3.63, 3.8) is 0 Å². The Kier molecular flexibility index (Phi) is 2.54. The van der Waals surface area contributed by atoms with Crippen molar-refractivity contribution in [2.45, 2.75) is 0 Å². The Morgan fingerprint density at radius 2 is 1.93 bits per heavy atom. The van der Waals surface area contributed by atoms with Crippen LogP contribution >= 0.6 is 0 Å². The van der Waals surface area contributed by atoms with Crippen LogP contribution in [0, 0.1) is 6.92 Å². The van der Waals surface area contributed by atoms with Crippen LogP contribution in [-0.4, -0.2) is 5.91 Å². The van der Waals surface area contributed by atoms with Crippen LogP contribution in [0.15, 0.2) is 47.1 Å². The lowest BCUT2D eigenvalue weighted by Crippen LogP contribution is -2.10. The van der Waals surface area contributed by atoms with Crippen molar-refractivity contribution >= 4 is 11.6 Å². The number of hydrogen-bond donors (Lipinski definition) is 1. The number of nitrogens with one attached hydrogen (secondary N) is 1. The molecule has 15 heavy (non-hydrogen) atoms. The zero-order chi connectivity index (χ0) is 10.7. The van der Waals surface area contributed by atoms with Crippen LogP contribution in [0.25, 0.3) is 0 Å². The number of rotatable bonds is 2. The van der Waals surface area contributed by atoms with E-state index >= 15 is 0 Å². The maximum atomic E-state index is 11.5. The van der Waals surface area contributed by atoms with Crippen molar-refractivity contribution in [2.24, 2.45) is 0 Å². The van der Waals surface area contributed by atoms with E-state index in [4.69, 9.17) is 4.42 Å². The molecular formula is C12H10NO2. The minimum Gasteiger partial charge on any atom is -0.459 e. The highest BCUT2D eigenvalue weighted by Gasteiger charge is 2.07. The Morgan fingerprint density at radius 3 is 2.53 bits per heavy atom. The second kappa shape index (κ2) is 4.00. The van der Waals surface area contributed by atoms with Crippen LogP contribution in [0.3, 0.4) is 0 Å². The summed E-state index contributed by atoms with van der Waals surface area (Å²) in [6.07, 6.45) is 1.47. The van der Waals surface area contributed by atoms with E-state index in [9.17, 15) is 4.79 Å². The zero-order valence-electron chi connectivity index (χ0n) is 8.07. The first-order chi connectivity index (χ1) is 7.25. The summed E-state index contributed by atoms with van der Waals surface area (Å²) in [5.74, 6) is 0.0468. The Balaban J connectivity index is 2.09. The quantitative estimate of drug-likeness (QED) is 0.809. The van der Waals surface area contributed by atoms with Gasteiger partial charge in [-0.15, -0.1) is 0 Å². The maximum absolute atomic E-state index is 11.5. The Hall–Kier alpha value is -2.03. The first-order valence-electron chi connectivity index (χ1n) is 4.52. The first kappa shape index (κ1) is 9.52. The van der Waals surface area contributed by atoms with Gasteiger partial charge in [-0.25, -0.2) is 0 Å². The average molecular weight is 200 g/mol. The van der Waals surface area contributed by atoms with E-state index in [1.54, 1.807) is 24.3 Å². The van der Waals surface area contributed by atoms with E-state index in [-0.39, 0.29) is 5.91 Å². The standard InChI is InChI=1S/C12H10NO2/c1-9-4-6-10(7-5-9)13-12(14)11-3-2-8-15-11/h2-8H,1H2,(H,13,14). The Labute approximate surface area is 87.7 Å². The lowest BCUT2D eigenvalue weighted by molar-refractivity contribution is 0.0996. The lowest BCUT2D eigenvalue weighted by Gasteiger charge is -2.02. The minimum absolute atomic E-state index is 0.253. The van der Waals surface area contributed by atoms with Crippen LogP contribution in [-0.2, 0) is 0 Å². The van der Waals surface area contributed by atoms with E-state index in [1.165, 1.54) is 6.26 Å². The summed E-state index contributed by atoms with van der Waals surface area (Å²) >= 11 is 0. The molecule has 2 rings (SSSR count).